The predicted molar refractivity (Wildman–Crippen MR) is 118 cm³/mol. The van der Waals surface area contributed by atoms with E-state index in [0.717, 1.165) is 0 Å². The Hall–Kier alpha value is -2.01. The quantitative estimate of drug-likeness (QED) is 0.441. The highest BCUT2D eigenvalue weighted by Gasteiger charge is 2.51. The summed E-state index contributed by atoms with van der Waals surface area (Å²) in [5, 5.41) is 16.0. The lowest BCUT2D eigenvalue weighted by Gasteiger charge is -2.24. The van der Waals surface area contributed by atoms with Gasteiger partial charge in [0.2, 0.25) is 5.91 Å². The molecule has 1 saturated heterocycles. The molecular weight excluding hydrogens is 448 g/mol. The molecule has 2 rings (SSSR count). The number of halogens is 2. The molecule has 31 heavy (non-hydrogen) atoms. The highest BCUT2D eigenvalue weighted by molar-refractivity contribution is 6.51. The summed E-state index contributed by atoms with van der Waals surface area (Å²) >= 11 is 12.0. The Kier molecular flexibility index (Phi) is 8.99. The standard InChI is InChI=1S/C19H26BCl2N3O6/c1-10(2)7-14(20-30-17(19(29)31-20)16(18(27)28)25(3)4)24-15(26)9-23-13-8-11(21)5-6-12(13)22/h5-6,8,10,14,16-17,23H,7,9H2,1-4H3,(H,24,26)(H,27,28)/t14-,16+,17+/m0/s1. The van der Waals surface area contributed by atoms with Gasteiger partial charge < -0.3 is 25.0 Å². The van der Waals surface area contributed by atoms with Crippen molar-refractivity contribution in [1.29, 1.82) is 0 Å². The Balaban J connectivity index is 2.06. The van der Waals surface area contributed by atoms with E-state index in [0.29, 0.717) is 22.2 Å². The smallest absolute Gasteiger partial charge is 0.506 e. The van der Waals surface area contributed by atoms with Crippen molar-refractivity contribution in [1.82, 2.24) is 10.2 Å². The summed E-state index contributed by atoms with van der Waals surface area (Å²) in [6, 6.07) is 3.64. The molecule has 0 radical (unpaired) electrons. The maximum absolute atomic E-state index is 12.5. The van der Waals surface area contributed by atoms with Crippen LogP contribution in [0.25, 0.3) is 0 Å². The number of hydrogen-bond donors (Lipinski definition) is 3. The summed E-state index contributed by atoms with van der Waals surface area (Å²) in [6.45, 7) is 3.78. The summed E-state index contributed by atoms with van der Waals surface area (Å²) < 4.78 is 10.9. The number of aliphatic carboxylic acids is 1. The number of hydrogen-bond acceptors (Lipinski definition) is 7. The lowest BCUT2D eigenvalue weighted by Crippen LogP contribution is -2.51. The summed E-state index contributed by atoms with van der Waals surface area (Å²) in [6.07, 6.45) is -0.846. The SMILES string of the molecule is CC(C)C[C@H](NC(=O)CNc1cc(Cl)ccc1Cl)B1OC(=O)[C@@H]([C@H](C(=O)O)N(C)C)O1. The molecule has 0 aromatic heterocycles. The van der Waals surface area contributed by atoms with Gasteiger partial charge in [-0.3, -0.25) is 19.3 Å². The fourth-order valence-corrected chi connectivity index (χ4v) is 3.58. The average molecular weight is 474 g/mol. The maximum Gasteiger partial charge on any atom is 0.552 e. The Bertz CT molecular complexity index is 826. The monoisotopic (exact) mass is 473 g/mol. The van der Waals surface area contributed by atoms with Gasteiger partial charge in [-0.2, -0.15) is 0 Å². The summed E-state index contributed by atoms with van der Waals surface area (Å²) in [4.78, 5) is 37.7. The van der Waals surface area contributed by atoms with Gasteiger partial charge in [0.05, 0.1) is 23.2 Å². The molecule has 1 fully saturated rings. The molecule has 3 atom stereocenters. The highest BCUT2D eigenvalue weighted by atomic mass is 35.5. The van der Waals surface area contributed by atoms with Crippen LogP contribution >= 0.6 is 23.2 Å². The minimum Gasteiger partial charge on any atom is -0.506 e. The van der Waals surface area contributed by atoms with Crippen LogP contribution in [0.5, 0.6) is 0 Å². The highest BCUT2D eigenvalue weighted by Crippen LogP contribution is 2.25. The van der Waals surface area contributed by atoms with Gasteiger partial charge in [0, 0.05) is 5.02 Å². The van der Waals surface area contributed by atoms with E-state index in [9.17, 15) is 19.5 Å². The van der Waals surface area contributed by atoms with Crippen LogP contribution < -0.4 is 10.6 Å². The topological polar surface area (TPSA) is 117 Å². The number of carbonyl (C=O) groups is 3. The molecule has 0 spiro atoms. The number of amides is 1. The zero-order valence-corrected chi connectivity index (χ0v) is 19.2. The van der Waals surface area contributed by atoms with E-state index in [1.807, 2.05) is 13.8 Å². The van der Waals surface area contributed by atoms with Gasteiger partial charge in [-0.15, -0.1) is 0 Å². The fraction of sp³-hybridized carbons (Fsp3) is 0.526. The van der Waals surface area contributed by atoms with E-state index in [1.54, 1.807) is 18.2 Å². The lowest BCUT2D eigenvalue weighted by atomic mass is 9.74. The first-order chi connectivity index (χ1) is 14.5. The minimum absolute atomic E-state index is 0.103. The fourth-order valence-electron chi connectivity index (χ4n) is 3.22. The molecule has 170 valence electrons. The van der Waals surface area contributed by atoms with E-state index in [4.69, 9.17) is 32.5 Å². The van der Waals surface area contributed by atoms with Gasteiger partial charge in [0.15, 0.2) is 6.10 Å². The van der Waals surface area contributed by atoms with Crippen molar-refractivity contribution in [3.05, 3.63) is 28.2 Å². The zero-order chi connectivity index (χ0) is 23.3. The molecule has 0 saturated carbocycles. The van der Waals surface area contributed by atoms with Crippen molar-refractivity contribution in [3.63, 3.8) is 0 Å². The number of rotatable bonds is 10. The number of anilines is 1. The van der Waals surface area contributed by atoms with Gasteiger partial charge in [0.1, 0.15) is 6.04 Å². The van der Waals surface area contributed by atoms with Crippen molar-refractivity contribution in [2.24, 2.45) is 5.92 Å². The third-order valence-electron chi connectivity index (χ3n) is 4.61. The molecule has 3 N–H and O–H groups in total. The van der Waals surface area contributed by atoms with Gasteiger partial charge in [0.25, 0.3) is 0 Å². The van der Waals surface area contributed by atoms with Crippen LogP contribution in [0.15, 0.2) is 18.2 Å². The van der Waals surface area contributed by atoms with Crippen molar-refractivity contribution in [2.75, 3.05) is 26.0 Å². The van der Waals surface area contributed by atoms with E-state index in [-0.39, 0.29) is 18.4 Å². The molecule has 9 nitrogen and oxygen atoms in total. The van der Waals surface area contributed by atoms with Gasteiger partial charge in [-0.05, 0) is 44.6 Å². The van der Waals surface area contributed by atoms with Crippen molar-refractivity contribution >= 4 is 53.9 Å². The molecule has 1 aromatic rings. The van der Waals surface area contributed by atoms with Crippen LogP contribution in [0.3, 0.4) is 0 Å². The summed E-state index contributed by atoms with van der Waals surface area (Å²) in [5.41, 5.74) is 0.503. The first-order valence-electron chi connectivity index (χ1n) is 9.73. The van der Waals surface area contributed by atoms with Crippen LogP contribution in [0.1, 0.15) is 20.3 Å². The van der Waals surface area contributed by atoms with Crippen LogP contribution in [-0.4, -0.2) is 73.7 Å². The van der Waals surface area contributed by atoms with Crippen LogP contribution in [0.2, 0.25) is 10.0 Å². The Morgan fingerprint density at radius 3 is 2.55 bits per heavy atom. The Morgan fingerprint density at radius 2 is 1.97 bits per heavy atom. The van der Waals surface area contributed by atoms with Gasteiger partial charge in [-0.1, -0.05) is 37.0 Å². The van der Waals surface area contributed by atoms with Crippen LogP contribution in [-0.2, 0) is 23.7 Å². The van der Waals surface area contributed by atoms with Gasteiger partial charge in [-0.25, -0.2) is 0 Å². The molecule has 1 amide bonds. The number of nitrogens with zero attached hydrogens (tertiary/aromatic N) is 1. The predicted octanol–water partition coefficient (Wildman–Crippen LogP) is 1.92. The second kappa shape index (κ2) is 11.0. The molecule has 1 aliphatic heterocycles. The lowest BCUT2D eigenvalue weighted by molar-refractivity contribution is -0.151. The first kappa shape index (κ1) is 25.3. The molecule has 1 aliphatic rings. The second-order valence-electron chi connectivity index (χ2n) is 7.89. The Labute approximate surface area is 191 Å². The molecule has 1 aromatic carbocycles. The van der Waals surface area contributed by atoms with E-state index in [1.165, 1.54) is 19.0 Å². The minimum atomic E-state index is -1.30. The Morgan fingerprint density at radius 1 is 1.29 bits per heavy atom. The third-order valence-corrected chi connectivity index (χ3v) is 5.17. The molecule has 0 unspecified atom stereocenters. The van der Waals surface area contributed by atoms with Crippen molar-refractivity contribution < 1.29 is 28.8 Å². The third kappa shape index (κ3) is 7.00. The van der Waals surface area contributed by atoms with E-state index < -0.39 is 37.1 Å². The molecule has 0 bridgehead atoms. The molecule has 12 heteroatoms. The molecular formula is C19H26BCl2N3O6. The average Bonchev–Trinajstić information content (AvgIpc) is 3.02. The maximum atomic E-state index is 12.5. The number of likely N-dealkylation sites (N-methyl/N-ethyl adjacent to an activating group) is 1. The number of carboxylic acids is 1. The zero-order valence-electron chi connectivity index (χ0n) is 17.7. The largest absolute Gasteiger partial charge is 0.552 e. The number of benzene rings is 1. The number of carbonyl (C=O) groups excluding carboxylic acids is 2. The van der Waals surface area contributed by atoms with E-state index in [2.05, 4.69) is 10.6 Å². The summed E-state index contributed by atoms with van der Waals surface area (Å²) in [5.74, 6) is -2.88. The molecule has 0 aliphatic carbocycles. The number of carboxylic acid groups (broad SMARTS) is 1. The van der Waals surface area contributed by atoms with E-state index >= 15 is 0 Å². The van der Waals surface area contributed by atoms with Crippen LogP contribution in [0, 0.1) is 5.92 Å². The second-order valence-corrected chi connectivity index (χ2v) is 8.73. The summed E-state index contributed by atoms with van der Waals surface area (Å²) in [7, 11) is 1.96. The normalized spacial score (nSPS) is 18.1. The molecule has 1 heterocycles. The first-order valence-corrected chi connectivity index (χ1v) is 10.5. The number of nitrogens with one attached hydrogen (secondary N) is 2. The van der Waals surface area contributed by atoms with Crippen LogP contribution in [0.4, 0.5) is 5.69 Å². The van der Waals surface area contributed by atoms with Gasteiger partial charge >= 0.3 is 19.1 Å². The van der Waals surface area contributed by atoms with Crippen molar-refractivity contribution in [3.8, 4) is 0 Å². The van der Waals surface area contributed by atoms with Crippen molar-refractivity contribution in [2.45, 2.75) is 38.4 Å².